The van der Waals surface area contributed by atoms with Gasteiger partial charge in [0.2, 0.25) is 5.95 Å². The van der Waals surface area contributed by atoms with Gasteiger partial charge in [0.25, 0.3) is 5.91 Å². The van der Waals surface area contributed by atoms with E-state index in [-0.39, 0.29) is 33.5 Å². The van der Waals surface area contributed by atoms with Gasteiger partial charge >= 0.3 is 13.3 Å². The van der Waals surface area contributed by atoms with Crippen molar-refractivity contribution in [3.05, 3.63) is 34.9 Å². The molecule has 0 radical (unpaired) electrons. The maximum atomic E-state index is 13.2. The summed E-state index contributed by atoms with van der Waals surface area (Å²) in [6.07, 6.45) is 1.37. The average Bonchev–Trinajstić information content (AvgIpc) is 3.47. The fraction of sp³-hybridized carbons (Fsp3) is 0.471. The normalized spacial score (nSPS) is 21.5. The summed E-state index contributed by atoms with van der Waals surface area (Å²) in [5.74, 6) is -2.03. The molecule has 1 amide bonds. The molecule has 0 aromatic carbocycles. The first-order valence-electron chi connectivity index (χ1n) is 10.2. The van der Waals surface area contributed by atoms with Gasteiger partial charge in [0.1, 0.15) is 12.3 Å². The van der Waals surface area contributed by atoms with Crippen LogP contribution >= 0.6 is 7.75 Å². The van der Waals surface area contributed by atoms with Crippen LogP contribution in [-0.2, 0) is 27.6 Å². The number of hydrogen-bond acceptors (Lipinski definition) is 11. The first-order chi connectivity index (χ1) is 16.4. The smallest absolute Gasteiger partial charge is 0.394 e. The SMILES string of the molecule is Cn1cnc(C[C@H](N)C(=O)N(n2c(N)nc3c(ncn3[C@H]3CC(O)[C@@H](CO)O3)c2=O)P(=O)(O)O)c1. The summed E-state index contributed by atoms with van der Waals surface area (Å²) in [5, 5.41) is 19.3. The summed E-state index contributed by atoms with van der Waals surface area (Å²) < 4.78 is 20.8. The number of aliphatic hydroxyl groups is 2. The molecule has 0 spiro atoms. The first kappa shape index (κ1) is 24.9. The van der Waals surface area contributed by atoms with Crippen LogP contribution in [0.2, 0.25) is 0 Å². The molecule has 190 valence electrons. The highest BCUT2D eigenvalue weighted by Crippen LogP contribution is 2.39. The zero-order valence-corrected chi connectivity index (χ0v) is 19.2. The number of ether oxygens (including phenoxy) is 1. The Hall–Kier alpha value is -3.18. The van der Waals surface area contributed by atoms with Gasteiger partial charge in [0, 0.05) is 26.1 Å². The van der Waals surface area contributed by atoms with Gasteiger partial charge in [-0.2, -0.15) is 9.66 Å². The Balaban J connectivity index is 1.74. The Morgan fingerprint density at radius 1 is 1.37 bits per heavy atom. The molecular weight excluding hydrogens is 489 g/mol. The van der Waals surface area contributed by atoms with Gasteiger partial charge in [-0.15, -0.1) is 4.78 Å². The lowest BCUT2D eigenvalue weighted by molar-refractivity contribution is -0.120. The van der Waals surface area contributed by atoms with Crippen molar-refractivity contribution in [2.24, 2.45) is 12.8 Å². The topological polar surface area (TPSA) is 250 Å². The van der Waals surface area contributed by atoms with Gasteiger partial charge in [0.15, 0.2) is 11.2 Å². The van der Waals surface area contributed by atoms with Crippen LogP contribution < -0.4 is 21.8 Å². The van der Waals surface area contributed by atoms with Crippen molar-refractivity contribution in [3.63, 3.8) is 0 Å². The molecule has 1 aliphatic heterocycles. The van der Waals surface area contributed by atoms with E-state index >= 15 is 0 Å². The van der Waals surface area contributed by atoms with Crippen LogP contribution in [0.5, 0.6) is 0 Å². The number of aliphatic hydroxyl groups excluding tert-OH is 2. The molecular formula is C17H24N9O8P. The maximum absolute atomic E-state index is 13.2. The number of nitrogens with zero attached hydrogens (tertiary/aromatic N) is 7. The standard InChI is InChI=1S/C17H24N9O8P/c1-23-4-8(20-6-23)2-9(18)15(29)26(35(31,32)33)25-16(30)13-14(22-17(25)19)24(7-21-13)12-3-10(28)11(5-27)34-12/h4,6-7,9-12,27-28H,2-3,5,18H2,1H3,(H2,19,22)(H2,31,32,33)/t9-,10?,11+,12+/m0/s1. The van der Waals surface area contributed by atoms with Crippen molar-refractivity contribution in [2.45, 2.75) is 37.3 Å². The van der Waals surface area contributed by atoms with Gasteiger partial charge in [-0.25, -0.2) is 14.5 Å². The number of aromatic nitrogens is 6. The Morgan fingerprint density at radius 3 is 2.66 bits per heavy atom. The maximum Gasteiger partial charge on any atom is 0.451 e. The monoisotopic (exact) mass is 513 g/mol. The molecule has 1 saturated heterocycles. The van der Waals surface area contributed by atoms with Crippen molar-refractivity contribution in [2.75, 3.05) is 17.1 Å². The van der Waals surface area contributed by atoms with E-state index in [9.17, 15) is 34.2 Å². The van der Waals surface area contributed by atoms with Crippen LogP contribution in [0.25, 0.3) is 11.2 Å². The largest absolute Gasteiger partial charge is 0.451 e. The highest BCUT2D eigenvalue weighted by atomic mass is 31.2. The van der Waals surface area contributed by atoms with E-state index in [0.717, 1.165) is 6.33 Å². The fourth-order valence-corrected chi connectivity index (χ4v) is 4.61. The van der Waals surface area contributed by atoms with Crippen LogP contribution in [0.4, 0.5) is 5.95 Å². The molecule has 0 bridgehead atoms. The lowest BCUT2D eigenvalue weighted by Crippen LogP contribution is -2.52. The number of carbonyl (C=O) groups is 1. The highest BCUT2D eigenvalue weighted by Gasteiger charge is 2.40. The molecule has 3 aromatic heterocycles. The predicted molar refractivity (Wildman–Crippen MR) is 118 cm³/mol. The van der Waals surface area contributed by atoms with E-state index in [0.29, 0.717) is 5.69 Å². The second-order valence-electron chi connectivity index (χ2n) is 8.01. The number of rotatable bonds is 7. The van der Waals surface area contributed by atoms with Gasteiger partial charge in [-0.05, 0) is 0 Å². The van der Waals surface area contributed by atoms with E-state index in [2.05, 4.69) is 15.0 Å². The van der Waals surface area contributed by atoms with Crippen LogP contribution in [0, 0.1) is 0 Å². The van der Waals surface area contributed by atoms with Crippen LogP contribution in [0.1, 0.15) is 18.3 Å². The molecule has 4 atom stereocenters. The molecule has 1 aliphatic rings. The number of nitrogens with two attached hydrogens (primary N) is 2. The number of amides is 1. The lowest BCUT2D eigenvalue weighted by Gasteiger charge is -2.27. The Kier molecular flexibility index (Phi) is 6.50. The molecule has 0 aliphatic carbocycles. The van der Waals surface area contributed by atoms with E-state index in [1.807, 2.05) is 0 Å². The molecule has 17 nitrogen and oxygen atoms in total. The summed E-state index contributed by atoms with van der Waals surface area (Å²) in [6, 6.07) is -1.49. The van der Waals surface area contributed by atoms with Crippen molar-refractivity contribution >= 4 is 30.8 Å². The zero-order chi connectivity index (χ0) is 25.7. The van der Waals surface area contributed by atoms with Crippen molar-refractivity contribution < 1.29 is 34.1 Å². The van der Waals surface area contributed by atoms with E-state index in [1.165, 1.54) is 10.9 Å². The minimum absolute atomic E-state index is 0.0524. The highest BCUT2D eigenvalue weighted by molar-refractivity contribution is 7.54. The molecule has 8 N–H and O–H groups in total. The van der Waals surface area contributed by atoms with Crippen LogP contribution in [0.15, 0.2) is 23.6 Å². The lowest BCUT2D eigenvalue weighted by atomic mass is 10.2. The van der Waals surface area contributed by atoms with Crippen LogP contribution in [-0.4, -0.2) is 79.5 Å². The summed E-state index contributed by atoms with van der Waals surface area (Å²) in [4.78, 5) is 57.9. The average molecular weight is 513 g/mol. The van der Waals surface area contributed by atoms with Gasteiger partial charge < -0.3 is 40.8 Å². The minimum Gasteiger partial charge on any atom is -0.394 e. The molecule has 3 aromatic rings. The number of imidazole rings is 2. The number of aryl methyl sites for hydroxylation is 1. The van der Waals surface area contributed by atoms with Crippen molar-refractivity contribution in [3.8, 4) is 0 Å². The summed E-state index contributed by atoms with van der Waals surface area (Å²) in [7, 11) is -3.78. The minimum atomic E-state index is -5.47. The first-order valence-corrected chi connectivity index (χ1v) is 11.8. The summed E-state index contributed by atoms with van der Waals surface area (Å²) in [5.41, 5.74) is 10.5. The third-order valence-electron chi connectivity index (χ3n) is 5.43. The number of anilines is 1. The number of nitrogen functional groups attached to an aromatic ring is 1. The molecule has 35 heavy (non-hydrogen) atoms. The molecule has 4 heterocycles. The van der Waals surface area contributed by atoms with Crippen molar-refractivity contribution in [1.29, 1.82) is 0 Å². The van der Waals surface area contributed by atoms with Crippen molar-refractivity contribution in [1.82, 2.24) is 28.8 Å². The van der Waals surface area contributed by atoms with E-state index in [1.54, 1.807) is 17.8 Å². The Bertz CT molecular complexity index is 1360. The second-order valence-corrected chi connectivity index (χ2v) is 9.41. The molecule has 4 rings (SSSR count). The predicted octanol–water partition coefficient (Wildman–Crippen LogP) is -3.32. The summed E-state index contributed by atoms with van der Waals surface area (Å²) in [6.45, 7) is -0.440. The van der Waals surface area contributed by atoms with Crippen LogP contribution in [0.3, 0.4) is 0 Å². The molecule has 18 heteroatoms. The molecule has 0 saturated carbocycles. The van der Waals surface area contributed by atoms with Gasteiger partial charge in [-0.3, -0.25) is 14.2 Å². The Labute approximate surface area is 196 Å². The molecule has 1 unspecified atom stereocenters. The summed E-state index contributed by atoms with van der Waals surface area (Å²) >= 11 is 0. The quantitative estimate of drug-likeness (QED) is 0.169. The van der Waals surface area contributed by atoms with Gasteiger partial charge in [-0.1, -0.05) is 0 Å². The van der Waals surface area contributed by atoms with E-state index in [4.69, 9.17) is 16.2 Å². The molecule has 1 fully saturated rings. The van der Waals surface area contributed by atoms with Gasteiger partial charge in [0.05, 0.1) is 37.1 Å². The third-order valence-corrected chi connectivity index (χ3v) is 6.30. The number of fused-ring (bicyclic) bond motifs is 1. The third kappa shape index (κ3) is 4.57. The number of carbonyl (C=O) groups excluding carboxylic acids is 1. The second kappa shape index (κ2) is 9.12. The fourth-order valence-electron chi connectivity index (χ4n) is 3.80. The van der Waals surface area contributed by atoms with E-state index < -0.39 is 56.2 Å². The Morgan fingerprint density at radius 2 is 2.09 bits per heavy atom. The number of hydrogen-bond donors (Lipinski definition) is 6. The zero-order valence-electron chi connectivity index (χ0n) is 18.3.